The zero-order valence-electron chi connectivity index (χ0n) is 35.8. The second-order valence-electron chi connectivity index (χ2n) is 13.3. The van der Waals surface area contributed by atoms with Crippen molar-refractivity contribution in [3.05, 3.63) is 197 Å². The van der Waals surface area contributed by atoms with Crippen LogP contribution in [0.2, 0.25) is 0 Å². The number of carboxylic acids is 3. The van der Waals surface area contributed by atoms with Crippen LogP contribution in [-0.2, 0) is 14.4 Å². The summed E-state index contributed by atoms with van der Waals surface area (Å²) in [4.78, 5) is 68.8. The summed E-state index contributed by atoms with van der Waals surface area (Å²) in [6.45, 7) is 0. The molecule has 66 heavy (non-hydrogen) atoms. The van der Waals surface area contributed by atoms with Gasteiger partial charge in [-0.25, -0.2) is 14.4 Å². The SMILES string of the molecule is COc1ccc(/C=C/C(=O)Nc2ccccc2C(=O)O)cc1.COc1ccc(/C=C/C(=O)Nc2ccccc2C(=O)O)cc1OC.O=C(/C=C/c1ccccc1)Nc1ccccc1C(=O)O. The van der Waals surface area contributed by atoms with Gasteiger partial charge in [-0.15, -0.1) is 0 Å². The molecule has 336 valence electrons. The van der Waals surface area contributed by atoms with E-state index in [1.165, 1.54) is 49.6 Å². The van der Waals surface area contributed by atoms with Crippen molar-refractivity contribution in [3.8, 4) is 17.2 Å². The molecule has 3 amide bonds. The summed E-state index contributed by atoms with van der Waals surface area (Å²) < 4.78 is 15.4. The monoisotopic (exact) mass is 891 g/mol. The lowest BCUT2D eigenvalue weighted by Crippen LogP contribution is -2.11. The van der Waals surface area contributed by atoms with Gasteiger partial charge in [-0.05, 0) is 95.6 Å². The Morgan fingerprint density at radius 3 is 1.12 bits per heavy atom. The smallest absolute Gasteiger partial charge is 0.337 e. The molecule has 0 aliphatic carbocycles. The van der Waals surface area contributed by atoms with Gasteiger partial charge in [-0.1, -0.05) is 84.9 Å². The number of aromatic carboxylic acids is 3. The first-order valence-corrected chi connectivity index (χ1v) is 19.7. The fourth-order valence-corrected chi connectivity index (χ4v) is 5.61. The highest BCUT2D eigenvalue weighted by molar-refractivity contribution is 6.08. The van der Waals surface area contributed by atoms with E-state index in [2.05, 4.69) is 16.0 Å². The number of rotatable bonds is 15. The van der Waals surface area contributed by atoms with Gasteiger partial charge in [0.1, 0.15) is 5.75 Å². The van der Waals surface area contributed by atoms with Crippen LogP contribution in [0, 0.1) is 0 Å². The first-order chi connectivity index (χ1) is 31.8. The molecule has 0 bridgehead atoms. The van der Waals surface area contributed by atoms with Crippen molar-refractivity contribution in [2.75, 3.05) is 37.3 Å². The Morgan fingerprint density at radius 1 is 0.394 bits per heavy atom. The summed E-state index contributed by atoms with van der Waals surface area (Å²) in [6, 6.07) is 40.5. The number of methoxy groups -OCH3 is 3. The number of nitrogens with one attached hydrogen (secondary N) is 3. The number of carbonyl (C=O) groups excluding carboxylic acids is 3. The van der Waals surface area contributed by atoms with E-state index in [0.717, 1.165) is 22.4 Å². The molecule has 0 saturated heterocycles. The third-order valence-corrected chi connectivity index (χ3v) is 8.85. The van der Waals surface area contributed by atoms with E-state index < -0.39 is 29.7 Å². The minimum absolute atomic E-state index is 0.0327. The summed E-state index contributed by atoms with van der Waals surface area (Å²) >= 11 is 0. The van der Waals surface area contributed by atoms with E-state index >= 15 is 0 Å². The van der Waals surface area contributed by atoms with Crippen molar-refractivity contribution < 1.29 is 58.3 Å². The van der Waals surface area contributed by atoms with Crippen LogP contribution < -0.4 is 30.2 Å². The van der Waals surface area contributed by atoms with Crippen LogP contribution in [-0.4, -0.2) is 72.3 Å². The predicted molar refractivity (Wildman–Crippen MR) is 252 cm³/mol. The molecule has 0 spiro atoms. The van der Waals surface area contributed by atoms with Gasteiger partial charge in [0.15, 0.2) is 11.5 Å². The zero-order valence-corrected chi connectivity index (χ0v) is 35.8. The van der Waals surface area contributed by atoms with Gasteiger partial charge >= 0.3 is 17.9 Å². The summed E-state index contributed by atoms with van der Waals surface area (Å²) in [5, 5.41) is 34.8. The number of ether oxygens (including phenoxy) is 3. The molecular weight excluding hydrogens is 847 g/mol. The average molecular weight is 892 g/mol. The van der Waals surface area contributed by atoms with E-state index in [4.69, 9.17) is 29.5 Å². The number of carboxylic acid groups (broad SMARTS) is 3. The van der Waals surface area contributed by atoms with Gasteiger partial charge in [-0.3, -0.25) is 14.4 Å². The van der Waals surface area contributed by atoms with Crippen molar-refractivity contribution in [3.63, 3.8) is 0 Å². The molecule has 0 saturated carbocycles. The van der Waals surface area contributed by atoms with E-state index in [0.29, 0.717) is 11.5 Å². The summed E-state index contributed by atoms with van der Waals surface area (Å²) in [7, 11) is 4.65. The predicted octanol–water partition coefficient (Wildman–Crippen LogP) is 9.14. The number of anilines is 3. The highest BCUT2D eigenvalue weighted by Gasteiger charge is 2.13. The number of amides is 3. The lowest BCUT2D eigenvalue weighted by atomic mass is 10.1. The Morgan fingerprint density at radius 2 is 0.742 bits per heavy atom. The fraction of sp³-hybridized carbons (Fsp3) is 0.0588. The van der Waals surface area contributed by atoms with E-state index in [-0.39, 0.29) is 39.7 Å². The molecule has 0 unspecified atom stereocenters. The maximum absolute atomic E-state index is 12.0. The van der Waals surface area contributed by atoms with Crippen molar-refractivity contribution in [1.29, 1.82) is 0 Å². The summed E-state index contributed by atoms with van der Waals surface area (Å²) in [6.07, 6.45) is 8.94. The van der Waals surface area contributed by atoms with Crippen molar-refractivity contribution in [2.45, 2.75) is 0 Å². The number of hydrogen-bond donors (Lipinski definition) is 6. The molecule has 15 nitrogen and oxygen atoms in total. The molecule has 0 aliphatic heterocycles. The van der Waals surface area contributed by atoms with E-state index in [9.17, 15) is 28.8 Å². The first-order valence-electron chi connectivity index (χ1n) is 19.7. The lowest BCUT2D eigenvalue weighted by molar-refractivity contribution is -0.112. The maximum atomic E-state index is 12.0. The second-order valence-corrected chi connectivity index (χ2v) is 13.3. The molecule has 0 aliphatic rings. The van der Waals surface area contributed by atoms with Crippen molar-refractivity contribution in [1.82, 2.24) is 0 Å². The topological polar surface area (TPSA) is 227 Å². The Balaban J connectivity index is 0.000000217. The minimum Gasteiger partial charge on any atom is -0.497 e. The van der Waals surface area contributed by atoms with E-state index in [1.54, 1.807) is 111 Å². The Kier molecular flexibility index (Phi) is 19.2. The molecular formula is C51H45N3O12. The van der Waals surface area contributed by atoms with Crippen LogP contribution in [0.25, 0.3) is 18.2 Å². The summed E-state index contributed by atoms with van der Waals surface area (Å²) in [5.74, 6) is -2.59. The van der Waals surface area contributed by atoms with E-state index in [1.807, 2.05) is 42.5 Å². The third-order valence-electron chi connectivity index (χ3n) is 8.85. The highest BCUT2D eigenvalue weighted by Crippen LogP contribution is 2.28. The number of para-hydroxylation sites is 3. The first kappa shape index (κ1) is 49.4. The zero-order chi connectivity index (χ0) is 47.8. The molecule has 6 aromatic carbocycles. The molecule has 6 aromatic rings. The second kappa shape index (κ2) is 25.6. The standard InChI is InChI=1S/C18H17NO5.C17H15NO4.C16H13NO3/c1-23-15-9-7-12(11-16(15)24-2)8-10-17(20)19-14-6-4-3-5-13(14)18(21)22;1-22-13-9-6-12(7-10-13)8-11-16(19)18-15-5-3-2-4-14(15)17(20)21;18-15(11-10-12-6-2-1-3-7-12)17-14-9-5-4-8-13(14)16(19)20/h3-11H,1-2H3,(H,19,20)(H,21,22);2-11H,1H3,(H,18,19)(H,20,21);1-11H,(H,17,18)(H,19,20)/b10-8+;11-8+;11-10+. The van der Waals surface area contributed by atoms with Gasteiger partial charge in [0.05, 0.1) is 55.1 Å². The van der Waals surface area contributed by atoms with Crippen LogP contribution in [0.3, 0.4) is 0 Å². The van der Waals surface area contributed by atoms with Crippen LogP contribution in [0.1, 0.15) is 47.8 Å². The molecule has 0 aromatic heterocycles. The highest BCUT2D eigenvalue weighted by atomic mass is 16.5. The summed E-state index contributed by atoms with van der Waals surface area (Å²) in [5.41, 5.74) is 3.41. The van der Waals surface area contributed by atoms with Crippen molar-refractivity contribution in [2.24, 2.45) is 0 Å². The lowest BCUT2D eigenvalue weighted by Gasteiger charge is -2.08. The van der Waals surface area contributed by atoms with Gasteiger partial charge < -0.3 is 45.5 Å². The van der Waals surface area contributed by atoms with Crippen LogP contribution in [0.15, 0.2) is 164 Å². The normalized spacial score (nSPS) is 10.4. The average Bonchev–Trinajstić information content (AvgIpc) is 3.33. The molecule has 0 atom stereocenters. The Bertz CT molecular complexity index is 2730. The van der Waals surface area contributed by atoms with Crippen LogP contribution in [0.5, 0.6) is 17.2 Å². The molecule has 0 fully saturated rings. The van der Waals surface area contributed by atoms with Crippen LogP contribution >= 0.6 is 0 Å². The molecule has 6 N–H and O–H groups in total. The third kappa shape index (κ3) is 15.9. The number of hydrogen-bond acceptors (Lipinski definition) is 9. The molecule has 6 rings (SSSR count). The molecule has 0 heterocycles. The fourth-order valence-electron chi connectivity index (χ4n) is 5.61. The van der Waals surface area contributed by atoms with Gasteiger partial charge in [0.25, 0.3) is 0 Å². The van der Waals surface area contributed by atoms with Gasteiger partial charge in [0.2, 0.25) is 17.7 Å². The minimum atomic E-state index is -1.10. The quantitative estimate of drug-likeness (QED) is 0.0531. The Hall–Kier alpha value is -9.24. The van der Waals surface area contributed by atoms with Crippen molar-refractivity contribution >= 4 is 70.9 Å². The maximum Gasteiger partial charge on any atom is 0.337 e. The van der Waals surface area contributed by atoms with Gasteiger partial charge in [-0.2, -0.15) is 0 Å². The largest absolute Gasteiger partial charge is 0.497 e. The number of carbonyl (C=O) groups is 6. The molecule has 15 heteroatoms. The molecule has 0 radical (unpaired) electrons. The van der Waals surface area contributed by atoms with Crippen LogP contribution in [0.4, 0.5) is 17.1 Å². The Labute approximate surface area is 379 Å². The van der Waals surface area contributed by atoms with Gasteiger partial charge in [0, 0.05) is 18.2 Å². The number of benzene rings is 6.